The average Bonchev–Trinajstić information content (AvgIpc) is 2.55. The quantitative estimate of drug-likeness (QED) is 0.491. The van der Waals surface area contributed by atoms with E-state index >= 15 is 0 Å². The minimum Gasteiger partial charge on any atom is -1.00 e. The number of hydrogen-bond donors (Lipinski definition) is 2. The molecule has 1 atom stereocenters. The van der Waals surface area contributed by atoms with Crippen molar-refractivity contribution in [3.05, 3.63) is 29.8 Å². The van der Waals surface area contributed by atoms with Crippen molar-refractivity contribution in [1.29, 1.82) is 0 Å². The maximum absolute atomic E-state index is 11.2. The van der Waals surface area contributed by atoms with Crippen LogP contribution in [-0.2, 0) is 0 Å². The molecule has 24 heavy (non-hydrogen) atoms. The number of rotatable bonds is 8. The van der Waals surface area contributed by atoms with Gasteiger partial charge < -0.3 is 27.4 Å². The first-order chi connectivity index (χ1) is 11.1. The van der Waals surface area contributed by atoms with Crippen LogP contribution in [0.5, 0.6) is 5.75 Å². The predicted molar refractivity (Wildman–Crippen MR) is 87.9 cm³/mol. The molecule has 1 heterocycles. The van der Waals surface area contributed by atoms with Crippen LogP contribution in [0.15, 0.2) is 24.3 Å². The molecule has 136 valence electrons. The summed E-state index contributed by atoms with van der Waals surface area (Å²) in [6.45, 7) is 6.87. The Morgan fingerprint density at radius 3 is 2.29 bits per heavy atom. The molecule has 1 aromatic carbocycles. The predicted octanol–water partition coefficient (Wildman–Crippen LogP) is -2.76. The first-order valence-electron chi connectivity index (χ1n) is 8.06. The number of aliphatic hydroxyl groups is 2. The molecule has 0 radical (unpaired) electrons. The Balaban J connectivity index is 0.00000288. The summed E-state index contributed by atoms with van der Waals surface area (Å²) in [5, 5.41) is 19.0. The zero-order chi connectivity index (χ0) is 16.7. The fourth-order valence-electron chi connectivity index (χ4n) is 2.67. The van der Waals surface area contributed by atoms with Gasteiger partial charge in [0.05, 0.1) is 6.61 Å². The number of β-amino-alcohol motifs (C(OH)–C–C–N with tert-alkyl or cyclic N) is 2. The number of carbonyl (C=O) groups excluding carboxylic acids is 1. The average molecular weight is 358 g/mol. The number of benzene rings is 1. The molecule has 0 aromatic heterocycles. The highest BCUT2D eigenvalue weighted by molar-refractivity contribution is 5.94. The monoisotopic (exact) mass is 357 g/mol. The summed E-state index contributed by atoms with van der Waals surface area (Å²) in [4.78, 5) is 15.6. The Bertz CT molecular complexity index is 490. The van der Waals surface area contributed by atoms with Crippen LogP contribution in [0.3, 0.4) is 0 Å². The first-order valence-corrected chi connectivity index (χ1v) is 8.06. The van der Waals surface area contributed by atoms with E-state index in [0.717, 1.165) is 32.7 Å². The molecule has 7 heteroatoms. The summed E-state index contributed by atoms with van der Waals surface area (Å²) in [5.74, 6) is 0.679. The lowest BCUT2D eigenvalue weighted by molar-refractivity contribution is -0.0000160. The first kappa shape index (κ1) is 20.9. The molecular weight excluding hydrogens is 332 g/mol. The largest absolute Gasteiger partial charge is 1.00 e. The minimum atomic E-state index is -0.549. The maximum Gasteiger partial charge on any atom is 0.159 e. The number of carbonyl (C=O) groups is 1. The summed E-state index contributed by atoms with van der Waals surface area (Å²) < 4.78 is 5.57. The smallest absolute Gasteiger partial charge is 0.159 e. The van der Waals surface area contributed by atoms with Gasteiger partial charge in [0.2, 0.25) is 0 Å². The zero-order valence-corrected chi connectivity index (χ0v) is 14.8. The Hall–Kier alpha value is -1.18. The third-order valence-corrected chi connectivity index (χ3v) is 4.05. The molecule has 1 saturated heterocycles. The second-order valence-electron chi connectivity index (χ2n) is 5.91. The van der Waals surface area contributed by atoms with Gasteiger partial charge in [0.15, 0.2) is 5.78 Å². The molecule has 0 bridgehead atoms. The van der Waals surface area contributed by atoms with Crippen molar-refractivity contribution in [2.75, 3.05) is 52.5 Å². The Kier molecular flexibility index (Phi) is 9.25. The van der Waals surface area contributed by atoms with E-state index < -0.39 is 6.10 Å². The topological polar surface area (TPSA) is 73.2 Å². The number of ether oxygens (including phenoxy) is 1. The molecule has 1 fully saturated rings. The number of Topliss-reactive ketones (excluding diaryl/α,β-unsaturated/α-hetero) is 1. The second kappa shape index (κ2) is 10.6. The van der Waals surface area contributed by atoms with Crippen molar-refractivity contribution in [2.24, 2.45) is 0 Å². The van der Waals surface area contributed by atoms with E-state index in [0.29, 0.717) is 17.9 Å². The summed E-state index contributed by atoms with van der Waals surface area (Å²) in [7, 11) is 0. The standard InChI is InChI=1S/C17H26N2O4.ClH/c1-14(21)15-2-4-17(5-3-15)23-13-16(22)12-19-8-6-18(7-9-19)10-11-20;/h2-5,16,20,22H,6-13H2,1H3;1H/p-1. The highest BCUT2D eigenvalue weighted by Crippen LogP contribution is 2.13. The molecule has 0 aliphatic carbocycles. The molecule has 6 nitrogen and oxygen atoms in total. The minimum absolute atomic E-state index is 0. The Morgan fingerprint density at radius 2 is 1.75 bits per heavy atom. The van der Waals surface area contributed by atoms with Gasteiger partial charge in [-0.25, -0.2) is 0 Å². The number of ketones is 1. The van der Waals surface area contributed by atoms with Crippen LogP contribution in [0.4, 0.5) is 0 Å². The zero-order valence-electron chi connectivity index (χ0n) is 14.0. The van der Waals surface area contributed by atoms with Gasteiger partial charge in [-0.3, -0.25) is 14.6 Å². The van der Waals surface area contributed by atoms with Crippen molar-refractivity contribution in [2.45, 2.75) is 13.0 Å². The van der Waals surface area contributed by atoms with E-state index in [9.17, 15) is 9.90 Å². The van der Waals surface area contributed by atoms with Crippen molar-refractivity contribution >= 4 is 5.78 Å². The highest BCUT2D eigenvalue weighted by atomic mass is 35.5. The van der Waals surface area contributed by atoms with E-state index in [1.54, 1.807) is 24.3 Å². The summed E-state index contributed by atoms with van der Waals surface area (Å²) >= 11 is 0. The lowest BCUT2D eigenvalue weighted by atomic mass is 10.1. The van der Waals surface area contributed by atoms with Crippen LogP contribution < -0.4 is 17.1 Å². The summed E-state index contributed by atoms with van der Waals surface area (Å²) in [6, 6.07) is 6.95. The van der Waals surface area contributed by atoms with Crippen LogP contribution >= 0.6 is 0 Å². The van der Waals surface area contributed by atoms with Gasteiger partial charge >= 0.3 is 0 Å². The summed E-state index contributed by atoms with van der Waals surface area (Å²) in [6.07, 6.45) is -0.549. The Labute approximate surface area is 149 Å². The van der Waals surface area contributed by atoms with Crippen LogP contribution in [-0.4, -0.2) is 84.4 Å². The van der Waals surface area contributed by atoms with Gasteiger partial charge in [0, 0.05) is 44.8 Å². The van der Waals surface area contributed by atoms with E-state index in [-0.39, 0.29) is 31.4 Å². The molecule has 0 spiro atoms. The number of aliphatic hydroxyl groups excluding tert-OH is 2. The molecule has 1 aliphatic heterocycles. The second-order valence-corrected chi connectivity index (χ2v) is 5.91. The number of piperazine rings is 1. The number of halogens is 1. The molecule has 1 aliphatic rings. The van der Waals surface area contributed by atoms with Crippen LogP contribution in [0.1, 0.15) is 17.3 Å². The summed E-state index contributed by atoms with van der Waals surface area (Å²) in [5.41, 5.74) is 0.652. The highest BCUT2D eigenvalue weighted by Gasteiger charge is 2.19. The fraction of sp³-hybridized carbons (Fsp3) is 0.588. The van der Waals surface area contributed by atoms with Crippen molar-refractivity contribution in [3.8, 4) is 5.75 Å². The van der Waals surface area contributed by atoms with Gasteiger partial charge in [-0.2, -0.15) is 0 Å². The SMILES string of the molecule is CC(=O)c1ccc(OCC(O)CN2CCN(CCO)CC2)cc1.[Cl-]. The lowest BCUT2D eigenvalue weighted by Gasteiger charge is -2.35. The van der Waals surface area contributed by atoms with Gasteiger partial charge in [-0.15, -0.1) is 0 Å². The van der Waals surface area contributed by atoms with E-state index in [1.807, 2.05) is 0 Å². The molecule has 2 rings (SSSR count). The molecule has 0 amide bonds. The van der Waals surface area contributed by atoms with Crippen LogP contribution in [0, 0.1) is 0 Å². The maximum atomic E-state index is 11.2. The van der Waals surface area contributed by atoms with Gasteiger partial charge in [-0.05, 0) is 31.2 Å². The van der Waals surface area contributed by atoms with E-state index in [4.69, 9.17) is 9.84 Å². The van der Waals surface area contributed by atoms with Crippen molar-refractivity contribution < 1.29 is 32.2 Å². The molecule has 0 saturated carbocycles. The Morgan fingerprint density at radius 1 is 1.17 bits per heavy atom. The fourth-order valence-corrected chi connectivity index (χ4v) is 2.67. The molecule has 1 aromatic rings. The van der Waals surface area contributed by atoms with Crippen LogP contribution in [0.25, 0.3) is 0 Å². The normalized spacial score (nSPS) is 17.1. The molecular formula is C17H26ClN2O4-. The van der Waals surface area contributed by atoms with Gasteiger partial charge in [-0.1, -0.05) is 0 Å². The van der Waals surface area contributed by atoms with E-state index in [1.165, 1.54) is 6.92 Å². The number of nitrogens with zero attached hydrogens (tertiary/aromatic N) is 2. The van der Waals surface area contributed by atoms with Crippen LogP contribution in [0.2, 0.25) is 0 Å². The third-order valence-electron chi connectivity index (χ3n) is 4.05. The molecule has 1 unspecified atom stereocenters. The number of hydrogen-bond acceptors (Lipinski definition) is 6. The lowest BCUT2D eigenvalue weighted by Crippen LogP contribution is -3.00. The van der Waals surface area contributed by atoms with Gasteiger partial charge in [0.1, 0.15) is 18.5 Å². The molecule has 2 N–H and O–H groups in total. The third kappa shape index (κ3) is 6.75. The van der Waals surface area contributed by atoms with E-state index in [2.05, 4.69) is 9.80 Å². The van der Waals surface area contributed by atoms with Crippen molar-refractivity contribution in [3.63, 3.8) is 0 Å². The van der Waals surface area contributed by atoms with Crippen molar-refractivity contribution in [1.82, 2.24) is 9.80 Å². The van der Waals surface area contributed by atoms with Gasteiger partial charge in [0.25, 0.3) is 0 Å².